The number of hydrogen-bond donors (Lipinski definition) is 2. The van der Waals surface area contributed by atoms with Gasteiger partial charge in [0.05, 0.1) is 53.8 Å². The molecule has 5 aromatic rings. The van der Waals surface area contributed by atoms with Gasteiger partial charge < -0.3 is 24.6 Å². The van der Waals surface area contributed by atoms with Crippen LogP contribution < -0.4 is 21.2 Å². The Bertz CT molecular complexity index is 2590. The van der Waals surface area contributed by atoms with E-state index in [-0.39, 0.29) is 53.6 Å². The van der Waals surface area contributed by atoms with Gasteiger partial charge >= 0.3 is 5.69 Å². The van der Waals surface area contributed by atoms with E-state index >= 15 is 0 Å². The van der Waals surface area contributed by atoms with E-state index < -0.39 is 30.0 Å². The molecule has 5 fully saturated rings. The summed E-state index contributed by atoms with van der Waals surface area (Å²) in [6, 6.07) is 7.14. The molecule has 5 aliphatic rings. The van der Waals surface area contributed by atoms with Crippen molar-refractivity contribution in [2.45, 2.75) is 107 Å². The van der Waals surface area contributed by atoms with Gasteiger partial charge in [0.25, 0.3) is 12.3 Å². The van der Waals surface area contributed by atoms with E-state index in [0.717, 1.165) is 101 Å². The summed E-state index contributed by atoms with van der Waals surface area (Å²) >= 11 is 0. The van der Waals surface area contributed by atoms with Crippen molar-refractivity contribution in [3.05, 3.63) is 70.2 Å². The smallest absolute Gasteiger partial charge is 0.329 e. The van der Waals surface area contributed by atoms with Crippen LogP contribution in [0.5, 0.6) is 0 Å². The Balaban J connectivity index is 0.682. The number of fused-ring (bicyclic) bond motifs is 4. The summed E-state index contributed by atoms with van der Waals surface area (Å²) in [5.41, 5.74) is 2.36. The molecule has 63 heavy (non-hydrogen) atoms. The van der Waals surface area contributed by atoms with Gasteiger partial charge in [0, 0.05) is 58.6 Å². The van der Waals surface area contributed by atoms with Crippen LogP contribution in [0.4, 0.5) is 20.3 Å². The molecule has 3 atom stereocenters. The summed E-state index contributed by atoms with van der Waals surface area (Å²) in [5.74, 6) is -0.0844. The predicted octanol–water partition coefficient (Wildman–Crippen LogP) is 4.57. The molecule has 0 radical (unpaired) electrons. The lowest BCUT2D eigenvalue weighted by Crippen LogP contribution is -2.44. The number of likely N-dealkylation sites (tertiary alicyclic amines) is 1. The van der Waals surface area contributed by atoms with Gasteiger partial charge in [0.15, 0.2) is 11.3 Å². The molecule has 1 aliphatic carbocycles. The van der Waals surface area contributed by atoms with Crippen molar-refractivity contribution in [1.82, 2.24) is 43.7 Å². The molecule has 4 aromatic heterocycles. The monoisotopic (exact) mass is 869 g/mol. The fraction of sp³-hybridized carbons (Fsp3) is 0.568. The lowest BCUT2D eigenvalue weighted by atomic mass is 9.85. The number of imidazole rings is 1. The highest BCUT2D eigenvalue weighted by atomic mass is 19.3. The van der Waals surface area contributed by atoms with Gasteiger partial charge in [-0.15, -0.1) is 0 Å². The van der Waals surface area contributed by atoms with Crippen molar-refractivity contribution in [2.24, 2.45) is 13.0 Å². The van der Waals surface area contributed by atoms with Crippen molar-refractivity contribution in [3.8, 4) is 0 Å². The number of ether oxygens (including phenoxy) is 2. The molecule has 2 N–H and O–H groups in total. The van der Waals surface area contributed by atoms with Crippen LogP contribution >= 0.6 is 0 Å². The first-order valence-corrected chi connectivity index (χ1v) is 22.4. The Kier molecular flexibility index (Phi) is 11.3. The van der Waals surface area contributed by atoms with E-state index in [9.17, 15) is 28.0 Å². The maximum atomic E-state index is 14.3. The number of rotatable bonds is 13. The highest BCUT2D eigenvalue weighted by molar-refractivity contribution is 6.08. The predicted molar refractivity (Wildman–Crippen MR) is 227 cm³/mol. The van der Waals surface area contributed by atoms with Gasteiger partial charge in [-0.05, 0) is 87.8 Å². The molecule has 8 heterocycles. The number of carbonyl (C=O) groups excluding carboxylic acids is 3. The van der Waals surface area contributed by atoms with Gasteiger partial charge in [-0.3, -0.25) is 33.5 Å². The second-order valence-corrected chi connectivity index (χ2v) is 17.9. The largest absolute Gasteiger partial charge is 0.378 e. The molecule has 2 bridgehead atoms. The molecular weight excluding hydrogens is 817 g/mol. The van der Waals surface area contributed by atoms with E-state index in [1.165, 1.54) is 15.3 Å². The number of amides is 3. The van der Waals surface area contributed by atoms with Crippen LogP contribution in [0.2, 0.25) is 0 Å². The Morgan fingerprint density at radius 2 is 1.87 bits per heavy atom. The maximum absolute atomic E-state index is 14.3. The molecule has 4 saturated heterocycles. The number of morpholine rings is 1. The minimum absolute atomic E-state index is 0.00208. The van der Waals surface area contributed by atoms with Gasteiger partial charge in [0.2, 0.25) is 11.8 Å². The molecule has 17 nitrogen and oxygen atoms in total. The summed E-state index contributed by atoms with van der Waals surface area (Å²) in [5, 5.41) is 13.6. The fourth-order valence-electron chi connectivity index (χ4n) is 10.6. The number of piperidine rings is 2. The van der Waals surface area contributed by atoms with Crippen molar-refractivity contribution in [2.75, 3.05) is 49.6 Å². The van der Waals surface area contributed by atoms with E-state index in [0.29, 0.717) is 36.7 Å². The van der Waals surface area contributed by atoms with Crippen molar-refractivity contribution < 1.29 is 32.6 Å². The second-order valence-electron chi connectivity index (χ2n) is 17.9. The van der Waals surface area contributed by atoms with Gasteiger partial charge in [0.1, 0.15) is 17.4 Å². The Morgan fingerprint density at radius 1 is 1.05 bits per heavy atom. The SMILES string of the molecule is Cn1c(=O)n(C2CCC(=O)NC2=O)c2cccc(CCCOC3CCN(C[C@H]4CC[C@H](n5cc(NC(=O)c6cnn7ccc(N8C[C@@H]9C[C@H]8CO9)nc67)c(C(F)F)n5)CC4)CC3)c21. The number of halogens is 2. The topological polar surface area (TPSA) is 175 Å². The molecule has 10 rings (SSSR count). The number of imide groups is 1. The second kappa shape index (κ2) is 17.2. The Labute approximate surface area is 361 Å². The van der Waals surface area contributed by atoms with E-state index in [1.54, 1.807) is 28.7 Å². The quantitative estimate of drug-likeness (QED) is 0.125. The number of carbonyl (C=O) groups is 3. The molecule has 4 aliphatic heterocycles. The van der Waals surface area contributed by atoms with Crippen LogP contribution in [0.25, 0.3) is 16.7 Å². The number of para-hydroxylation sites is 1. The first-order chi connectivity index (χ1) is 30.6. The Morgan fingerprint density at radius 3 is 2.62 bits per heavy atom. The van der Waals surface area contributed by atoms with Crippen LogP contribution in [-0.2, 0) is 32.5 Å². The normalized spacial score (nSPS) is 24.6. The third-order valence-corrected chi connectivity index (χ3v) is 13.9. The summed E-state index contributed by atoms with van der Waals surface area (Å²) in [4.78, 5) is 60.6. The fourth-order valence-corrected chi connectivity index (χ4v) is 10.6. The Hall–Kier alpha value is -5.53. The van der Waals surface area contributed by atoms with E-state index in [1.807, 2.05) is 24.3 Å². The lowest BCUT2D eigenvalue weighted by molar-refractivity contribution is -0.135. The van der Waals surface area contributed by atoms with E-state index in [2.05, 4.69) is 30.6 Å². The van der Waals surface area contributed by atoms with Crippen LogP contribution in [0.1, 0.15) is 104 Å². The summed E-state index contributed by atoms with van der Waals surface area (Å²) in [6.45, 7) is 4.89. The first kappa shape index (κ1) is 41.5. The minimum Gasteiger partial charge on any atom is -0.378 e. The zero-order valence-corrected chi connectivity index (χ0v) is 35.3. The number of anilines is 2. The molecule has 334 valence electrons. The standard InChI is InChI=1S/C44H53F2N11O6/c1-52-39-27(4-2-6-34(39)57(44(52)61)35-11-12-37(58)50-43(35)60)5-3-19-62-30-13-16-53(17-14-30)22-26-7-9-28(10-8-26)56-24-33(38(51-56)40(45)46)48-42(59)32-21-47-55-18-15-36(49-41(32)55)54-23-31-20-29(54)25-63-31/h2,4,6,15,18,21,24,26,28-31,35,40H,3,5,7-14,16-17,19-20,22-23,25H2,1H3,(H,48,59)(H,50,58,60)/t26-,28-,29-,31-,35?/m0/s1. The average molecular weight is 870 g/mol. The third-order valence-electron chi connectivity index (χ3n) is 13.9. The van der Waals surface area contributed by atoms with Crippen molar-refractivity contribution >= 4 is 45.9 Å². The summed E-state index contributed by atoms with van der Waals surface area (Å²) in [7, 11) is 1.72. The zero-order chi connectivity index (χ0) is 43.4. The number of hydrogen-bond acceptors (Lipinski definition) is 11. The van der Waals surface area contributed by atoms with E-state index in [4.69, 9.17) is 14.5 Å². The van der Waals surface area contributed by atoms with Crippen molar-refractivity contribution in [1.29, 1.82) is 0 Å². The average Bonchev–Trinajstić information content (AvgIpc) is 4.13. The molecular formula is C44H53F2N11O6. The van der Waals surface area contributed by atoms with Crippen LogP contribution in [0, 0.1) is 5.92 Å². The highest BCUT2D eigenvalue weighted by Gasteiger charge is 2.40. The minimum atomic E-state index is -2.86. The van der Waals surface area contributed by atoms with Crippen molar-refractivity contribution in [3.63, 3.8) is 0 Å². The molecule has 1 saturated carbocycles. The summed E-state index contributed by atoms with van der Waals surface area (Å²) < 4.78 is 46.9. The lowest BCUT2D eigenvalue weighted by Gasteiger charge is -2.36. The zero-order valence-electron chi connectivity index (χ0n) is 35.3. The highest BCUT2D eigenvalue weighted by Crippen LogP contribution is 2.36. The number of nitrogens with zero attached hydrogens (tertiary/aromatic N) is 9. The van der Waals surface area contributed by atoms with Gasteiger partial charge in [-0.25, -0.2) is 23.1 Å². The number of nitrogens with one attached hydrogen (secondary N) is 2. The number of aromatic nitrogens is 7. The molecule has 1 unspecified atom stereocenters. The van der Waals surface area contributed by atoms with Gasteiger partial charge in [-0.2, -0.15) is 10.2 Å². The number of benzene rings is 1. The molecule has 19 heteroatoms. The molecule has 0 spiro atoms. The first-order valence-electron chi connectivity index (χ1n) is 22.4. The number of alkyl halides is 2. The van der Waals surface area contributed by atoms with Crippen LogP contribution in [0.15, 0.2) is 47.7 Å². The van der Waals surface area contributed by atoms with Crippen LogP contribution in [0.3, 0.4) is 0 Å². The van der Waals surface area contributed by atoms with Crippen LogP contribution in [-0.4, -0.2) is 114 Å². The molecule has 3 amide bonds. The molecule has 1 aromatic carbocycles. The maximum Gasteiger partial charge on any atom is 0.329 e. The number of aryl methyl sites for hydroxylation is 2. The summed E-state index contributed by atoms with van der Waals surface area (Å²) in [6.07, 6.45) is 10.6. The third kappa shape index (κ3) is 8.14. The van der Waals surface area contributed by atoms with Gasteiger partial charge in [-0.1, -0.05) is 12.1 Å².